The van der Waals surface area contributed by atoms with Crippen molar-refractivity contribution >= 4 is 41.5 Å². The minimum Gasteiger partial charge on any atom is -0.481 e. The molecule has 0 aromatic heterocycles. The molecule has 0 aliphatic carbocycles. The highest BCUT2D eigenvalue weighted by Gasteiger charge is 2.30. The van der Waals surface area contributed by atoms with E-state index in [1.165, 1.54) is 0 Å². The second-order valence-electron chi connectivity index (χ2n) is 6.92. The molecule has 0 radical (unpaired) electrons. The molecule has 0 rings (SSSR count). The molecule has 16 heteroatoms. The van der Waals surface area contributed by atoms with Crippen molar-refractivity contribution in [3.8, 4) is 0 Å². The number of amides is 5. The topological polar surface area (TPSA) is 294 Å². The zero-order chi connectivity index (χ0) is 25.7. The molecule has 0 aliphatic rings. The van der Waals surface area contributed by atoms with Gasteiger partial charge in [-0.05, 0) is 12.8 Å². The van der Waals surface area contributed by atoms with Crippen LogP contribution in [0.25, 0.3) is 0 Å². The van der Waals surface area contributed by atoms with Crippen molar-refractivity contribution < 1.29 is 48.9 Å². The lowest BCUT2D eigenvalue weighted by atomic mass is 10.1. The van der Waals surface area contributed by atoms with Crippen molar-refractivity contribution in [2.75, 3.05) is 6.61 Å². The fraction of sp³-hybridized carbons (Fsp3) is 0.588. The Labute approximate surface area is 187 Å². The standard InChI is InChI=1S/C17H28N6O10/c18-7(5-13(27)28)14(29)21-8(1-3-11(19)25)15(30)23-10(6-24)16(31)22-9(17(32)33)2-4-12(20)26/h7-10,24H,1-6,18H2,(H2,19,25)(H2,20,26)(H,21,29)(H,22,31)(H,23,30)(H,27,28)(H,32,33). The predicted octanol–water partition coefficient (Wildman–Crippen LogP) is -5.15. The number of carbonyl (C=O) groups excluding carboxylic acids is 5. The minimum absolute atomic E-state index is 0.344. The number of nitrogens with one attached hydrogen (secondary N) is 3. The molecule has 16 nitrogen and oxygen atoms in total. The fourth-order valence-electron chi connectivity index (χ4n) is 2.40. The number of carboxylic acid groups (broad SMARTS) is 2. The summed E-state index contributed by atoms with van der Waals surface area (Å²) in [4.78, 5) is 80.7. The molecule has 0 aromatic rings. The molecule has 0 bridgehead atoms. The van der Waals surface area contributed by atoms with Crippen molar-refractivity contribution in [2.24, 2.45) is 17.2 Å². The molecule has 0 aliphatic heterocycles. The van der Waals surface area contributed by atoms with Crippen LogP contribution in [0.2, 0.25) is 0 Å². The van der Waals surface area contributed by atoms with E-state index in [4.69, 9.17) is 27.4 Å². The van der Waals surface area contributed by atoms with E-state index in [0.717, 1.165) is 0 Å². The van der Waals surface area contributed by atoms with Gasteiger partial charge in [0.25, 0.3) is 0 Å². The third kappa shape index (κ3) is 12.0. The number of aliphatic hydroxyl groups is 1. The van der Waals surface area contributed by atoms with Crippen LogP contribution in [0.4, 0.5) is 0 Å². The summed E-state index contributed by atoms with van der Waals surface area (Å²) >= 11 is 0. The van der Waals surface area contributed by atoms with E-state index >= 15 is 0 Å². The van der Waals surface area contributed by atoms with Crippen molar-refractivity contribution in [1.82, 2.24) is 16.0 Å². The van der Waals surface area contributed by atoms with Crippen LogP contribution in [-0.4, -0.2) is 87.6 Å². The highest BCUT2D eigenvalue weighted by atomic mass is 16.4. The summed E-state index contributed by atoms with van der Waals surface area (Å²) in [7, 11) is 0. The lowest BCUT2D eigenvalue weighted by Gasteiger charge is -2.24. The summed E-state index contributed by atoms with van der Waals surface area (Å²) in [6.45, 7) is -0.977. The first-order valence-corrected chi connectivity index (χ1v) is 9.57. The predicted molar refractivity (Wildman–Crippen MR) is 108 cm³/mol. The van der Waals surface area contributed by atoms with Crippen LogP contribution < -0.4 is 33.2 Å². The molecule has 12 N–H and O–H groups in total. The maximum Gasteiger partial charge on any atom is 0.326 e. The zero-order valence-corrected chi connectivity index (χ0v) is 17.5. The number of hydrogen-bond acceptors (Lipinski definition) is 9. The Kier molecular flexibility index (Phi) is 12.7. The van der Waals surface area contributed by atoms with Crippen LogP contribution in [0, 0.1) is 0 Å². The fourth-order valence-corrected chi connectivity index (χ4v) is 2.40. The third-order valence-electron chi connectivity index (χ3n) is 4.15. The first-order valence-electron chi connectivity index (χ1n) is 9.57. The average molecular weight is 476 g/mol. The van der Waals surface area contributed by atoms with Gasteiger partial charge in [-0.15, -0.1) is 0 Å². The third-order valence-corrected chi connectivity index (χ3v) is 4.15. The lowest BCUT2D eigenvalue weighted by Crippen LogP contribution is -2.58. The highest BCUT2D eigenvalue weighted by molar-refractivity contribution is 5.95. The lowest BCUT2D eigenvalue weighted by molar-refractivity contribution is -0.143. The van der Waals surface area contributed by atoms with E-state index in [-0.39, 0.29) is 25.7 Å². The monoisotopic (exact) mass is 476 g/mol. The molecular weight excluding hydrogens is 448 g/mol. The maximum absolute atomic E-state index is 12.5. The van der Waals surface area contributed by atoms with E-state index in [1.807, 2.05) is 5.32 Å². The number of carboxylic acids is 2. The molecule has 4 atom stereocenters. The quantitative estimate of drug-likeness (QED) is 0.101. The van der Waals surface area contributed by atoms with Crippen LogP contribution in [0.5, 0.6) is 0 Å². The Morgan fingerprint density at radius 3 is 1.55 bits per heavy atom. The van der Waals surface area contributed by atoms with Gasteiger partial charge >= 0.3 is 11.9 Å². The largest absolute Gasteiger partial charge is 0.481 e. The molecule has 0 saturated carbocycles. The first-order chi connectivity index (χ1) is 15.3. The number of nitrogens with two attached hydrogens (primary N) is 3. The maximum atomic E-state index is 12.5. The van der Waals surface area contributed by atoms with Gasteiger partial charge in [-0.3, -0.25) is 28.8 Å². The van der Waals surface area contributed by atoms with Crippen LogP contribution in [0.3, 0.4) is 0 Å². The molecule has 0 fully saturated rings. The van der Waals surface area contributed by atoms with Gasteiger partial charge in [0, 0.05) is 12.8 Å². The van der Waals surface area contributed by atoms with Gasteiger partial charge in [0.2, 0.25) is 29.5 Å². The summed E-state index contributed by atoms with van der Waals surface area (Å²) < 4.78 is 0. The average Bonchev–Trinajstić information content (AvgIpc) is 2.70. The smallest absolute Gasteiger partial charge is 0.326 e. The van der Waals surface area contributed by atoms with E-state index in [1.54, 1.807) is 0 Å². The first kappa shape index (κ1) is 29.2. The van der Waals surface area contributed by atoms with Crippen molar-refractivity contribution in [3.63, 3.8) is 0 Å². The van der Waals surface area contributed by atoms with Gasteiger partial charge in [-0.1, -0.05) is 0 Å². The minimum atomic E-state index is -1.67. The Balaban J connectivity index is 5.31. The molecular formula is C17H28N6O10. The summed E-state index contributed by atoms with van der Waals surface area (Å²) in [5, 5.41) is 33.5. The van der Waals surface area contributed by atoms with Crippen LogP contribution in [0.1, 0.15) is 32.1 Å². The Bertz CT molecular complexity index is 773. The number of aliphatic hydroxyl groups excluding tert-OH is 1. The molecule has 0 spiro atoms. The van der Waals surface area contributed by atoms with Crippen LogP contribution in [-0.2, 0) is 33.6 Å². The Morgan fingerprint density at radius 1 is 0.697 bits per heavy atom. The molecule has 0 aromatic carbocycles. The van der Waals surface area contributed by atoms with E-state index in [0.29, 0.717) is 0 Å². The summed E-state index contributed by atoms with van der Waals surface area (Å²) in [5.41, 5.74) is 15.4. The molecule has 0 saturated heterocycles. The Morgan fingerprint density at radius 2 is 1.12 bits per heavy atom. The summed E-state index contributed by atoms with van der Waals surface area (Å²) in [6.07, 6.45) is -2.18. The SMILES string of the molecule is NC(=O)CCC(NC(=O)C(CO)NC(=O)C(CCC(N)=O)NC(=O)C(N)CC(=O)O)C(=O)O. The van der Waals surface area contributed by atoms with Gasteiger partial charge in [0.1, 0.15) is 18.1 Å². The van der Waals surface area contributed by atoms with E-state index < -0.39 is 78.7 Å². The molecule has 0 heterocycles. The number of aliphatic carboxylic acids is 2. The van der Waals surface area contributed by atoms with E-state index in [2.05, 4.69) is 10.6 Å². The van der Waals surface area contributed by atoms with Crippen molar-refractivity contribution in [1.29, 1.82) is 0 Å². The van der Waals surface area contributed by atoms with Gasteiger partial charge in [-0.2, -0.15) is 0 Å². The van der Waals surface area contributed by atoms with Gasteiger partial charge in [0.05, 0.1) is 19.1 Å². The van der Waals surface area contributed by atoms with Gasteiger partial charge in [-0.25, -0.2) is 4.79 Å². The number of carbonyl (C=O) groups is 7. The van der Waals surface area contributed by atoms with Crippen molar-refractivity contribution in [2.45, 2.75) is 56.3 Å². The number of primary amides is 2. The van der Waals surface area contributed by atoms with E-state index in [9.17, 15) is 38.7 Å². The summed E-state index contributed by atoms with van der Waals surface area (Å²) in [6, 6.07) is -6.23. The second-order valence-corrected chi connectivity index (χ2v) is 6.92. The number of hydrogen-bond donors (Lipinski definition) is 9. The summed E-state index contributed by atoms with van der Waals surface area (Å²) in [5.74, 6) is -7.73. The Hall–Kier alpha value is -3.79. The van der Waals surface area contributed by atoms with Crippen molar-refractivity contribution in [3.05, 3.63) is 0 Å². The van der Waals surface area contributed by atoms with Crippen LogP contribution in [0.15, 0.2) is 0 Å². The molecule has 186 valence electrons. The normalized spacial score (nSPS) is 14.1. The van der Waals surface area contributed by atoms with Gasteiger partial charge < -0.3 is 48.5 Å². The zero-order valence-electron chi connectivity index (χ0n) is 17.5. The van der Waals surface area contributed by atoms with Gasteiger partial charge in [0.15, 0.2) is 0 Å². The second kappa shape index (κ2) is 14.3. The number of rotatable bonds is 16. The molecule has 33 heavy (non-hydrogen) atoms. The molecule has 5 amide bonds. The molecule has 4 unspecified atom stereocenters. The van der Waals surface area contributed by atoms with Crippen LogP contribution >= 0.6 is 0 Å². The highest BCUT2D eigenvalue weighted by Crippen LogP contribution is 2.02.